The maximum atomic E-state index is 12.7. The Balaban J connectivity index is 0.00000338. The summed E-state index contributed by atoms with van der Waals surface area (Å²) >= 11 is 1.59. The van der Waals surface area contributed by atoms with E-state index in [2.05, 4.69) is 22.3 Å². The standard InChI is InChI=1S/C17H27N3O3S2.ClH/c1-13-12-18-10-8-15(13)19-17(21)16(9-11-24-2)20-25(22,23)14-6-4-3-5-7-14;/h3-7,13,15-16,18,20H,8-12H2,1-2H3,(H,19,21);1H. The lowest BCUT2D eigenvalue weighted by molar-refractivity contribution is -0.124. The van der Waals surface area contributed by atoms with Crippen molar-refractivity contribution >= 4 is 40.1 Å². The molecule has 0 spiro atoms. The second-order valence-electron chi connectivity index (χ2n) is 6.35. The third kappa shape index (κ3) is 6.74. The summed E-state index contributed by atoms with van der Waals surface area (Å²) < 4.78 is 27.7. The van der Waals surface area contributed by atoms with Gasteiger partial charge in [-0.3, -0.25) is 4.79 Å². The number of rotatable bonds is 8. The van der Waals surface area contributed by atoms with Gasteiger partial charge in [0.25, 0.3) is 0 Å². The zero-order chi connectivity index (χ0) is 18.3. The quantitative estimate of drug-likeness (QED) is 0.593. The topological polar surface area (TPSA) is 87.3 Å². The van der Waals surface area contributed by atoms with E-state index in [1.165, 1.54) is 12.1 Å². The second-order valence-corrected chi connectivity index (χ2v) is 9.05. The Morgan fingerprint density at radius 1 is 1.35 bits per heavy atom. The zero-order valence-corrected chi connectivity index (χ0v) is 17.6. The molecule has 1 amide bonds. The van der Waals surface area contributed by atoms with E-state index in [1.54, 1.807) is 30.0 Å². The van der Waals surface area contributed by atoms with Crippen LogP contribution in [0.5, 0.6) is 0 Å². The fourth-order valence-corrected chi connectivity index (χ4v) is 4.57. The molecule has 0 aromatic heterocycles. The van der Waals surface area contributed by atoms with Gasteiger partial charge in [-0.05, 0) is 56.0 Å². The lowest BCUT2D eigenvalue weighted by Gasteiger charge is -2.31. The molecule has 1 aromatic carbocycles. The van der Waals surface area contributed by atoms with Crippen molar-refractivity contribution in [1.29, 1.82) is 0 Å². The highest BCUT2D eigenvalue weighted by Gasteiger charge is 2.29. The first-order chi connectivity index (χ1) is 11.9. The molecule has 3 unspecified atom stereocenters. The number of hydrogen-bond donors (Lipinski definition) is 3. The predicted molar refractivity (Wildman–Crippen MR) is 109 cm³/mol. The van der Waals surface area contributed by atoms with Gasteiger partial charge in [-0.25, -0.2) is 8.42 Å². The number of hydrogen-bond acceptors (Lipinski definition) is 5. The monoisotopic (exact) mass is 421 g/mol. The summed E-state index contributed by atoms with van der Waals surface area (Å²) in [5.41, 5.74) is 0. The van der Waals surface area contributed by atoms with Crippen LogP contribution in [0, 0.1) is 5.92 Å². The van der Waals surface area contributed by atoms with Crippen LogP contribution in [0.1, 0.15) is 19.8 Å². The van der Waals surface area contributed by atoms with Crippen molar-refractivity contribution in [3.63, 3.8) is 0 Å². The maximum Gasteiger partial charge on any atom is 0.241 e. The van der Waals surface area contributed by atoms with Gasteiger partial charge in [-0.1, -0.05) is 25.1 Å². The van der Waals surface area contributed by atoms with Gasteiger partial charge in [0.05, 0.1) is 4.90 Å². The molecular formula is C17H28ClN3O3S2. The molecule has 3 N–H and O–H groups in total. The van der Waals surface area contributed by atoms with Gasteiger partial charge in [0.2, 0.25) is 15.9 Å². The van der Waals surface area contributed by atoms with Gasteiger partial charge in [0.1, 0.15) is 6.04 Å². The first-order valence-electron chi connectivity index (χ1n) is 8.51. The van der Waals surface area contributed by atoms with Crippen molar-refractivity contribution in [1.82, 2.24) is 15.4 Å². The van der Waals surface area contributed by atoms with Crippen LogP contribution in [0.2, 0.25) is 0 Å². The summed E-state index contributed by atoms with van der Waals surface area (Å²) in [6.07, 6.45) is 3.25. The number of amides is 1. The Morgan fingerprint density at radius 2 is 2.04 bits per heavy atom. The number of carbonyl (C=O) groups excluding carboxylic acids is 1. The number of carbonyl (C=O) groups is 1. The predicted octanol–water partition coefficient (Wildman–Crippen LogP) is 1.62. The van der Waals surface area contributed by atoms with Crippen molar-refractivity contribution in [2.75, 3.05) is 25.1 Å². The molecule has 3 atom stereocenters. The van der Waals surface area contributed by atoms with Crippen molar-refractivity contribution < 1.29 is 13.2 Å². The number of benzene rings is 1. The highest BCUT2D eigenvalue weighted by atomic mass is 35.5. The minimum atomic E-state index is -3.72. The summed E-state index contributed by atoms with van der Waals surface area (Å²) in [6.45, 7) is 3.80. The average molecular weight is 422 g/mol. The number of piperidine rings is 1. The maximum absolute atomic E-state index is 12.7. The first kappa shape index (κ1) is 23.2. The molecule has 2 rings (SSSR count). The lowest BCUT2D eigenvalue weighted by Crippen LogP contribution is -2.54. The van der Waals surface area contributed by atoms with E-state index in [0.29, 0.717) is 18.1 Å². The van der Waals surface area contributed by atoms with Crippen LogP contribution in [-0.4, -0.2) is 51.5 Å². The highest BCUT2D eigenvalue weighted by Crippen LogP contribution is 2.13. The zero-order valence-electron chi connectivity index (χ0n) is 15.1. The molecule has 1 heterocycles. The van der Waals surface area contributed by atoms with Crippen LogP contribution in [-0.2, 0) is 14.8 Å². The van der Waals surface area contributed by atoms with E-state index in [0.717, 1.165) is 19.5 Å². The smallest absolute Gasteiger partial charge is 0.241 e. The number of halogens is 1. The van der Waals surface area contributed by atoms with E-state index in [4.69, 9.17) is 0 Å². The van der Waals surface area contributed by atoms with E-state index in [9.17, 15) is 13.2 Å². The Hall–Kier alpha value is -0.800. The molecule has 1 saturated heterocycles. The van der Waals surface area contributed by atoms with Crippen LogP contribution in [0.15, 0.2) is 35.2 Å². The van der Waals surface area contributed by atoms with Crippen molar-refractivity contribution in [3.05, 3.63) is 30.3 Å². The molecule has 1 aromatic rings. The van der Waals surface area contributed by atoms with E-state index >= 15 is 0 Å². The lowest BCUT2D eigenvalue weighted by atomic mass is 9.95. The molecule has 1 fully saturated rings. The molecule has 6 nitrogen and oxygen atoms in total. The summed E-state index contributed by atoms with van der Waals surface area (Å²) in [5.74, 6) is 0.786. The molecule has 9 heteroatoms. The molecule has 1 aliphatic heterocycles. The summed E-state index contributed by atoms with van der Waals surface area (Å²) in [6, 6.07) is 7.47. The SMILES string of the molecule is CSCCC(NS(=O)(=O)c1ccccc1)C(=O)NC1CCNCC1C.Cl. The van der Waals surface area contributed by atoms with Crippen molar-refractivity contribution in [2.45, 2.75) is 36.7 Å². The van der Waals surface area contributed by atoms with Crippen LogP contribution in [0.4, 0.5) is 0 Å². The largest absolute Gasteiger partial charge is 0.352 e. The van der Waals surface area contributed by atoms with E-state index < -0.39 is 16.1 Å². The highest BCUT2D eigenvalue weighted by molar-refractivity contribution is 7.98. The van der Waals surface area contributed by atoms with Crippen LogP contribution < -0.4 is 15.4 Å². The molecule has 0 bridgehead atoms. The Labute approximate surface area is 166 Å². The fourth-order valence-electron chi connectivity index (χ4n) is 2.85. The molecule has 148 valence electrons. The van der Waals surface area contributed by atoms with Gasteiger partial charge < -0.3 is 10.6 Å². The fraction of sp³-hybridized carbons (Fsp3) is 0.588. The van der Waals surface area contributed by atoms with Crippen molar-refractivity contribution in [3.8, 4) is 0 Å². The second kappa shape index (κ2) is 11.1. The Bertz CT molecular complexity index is 658. The number of thioether (sulfide) groups is 1. The Morgan fingerprint density at radius 3 is 2.65 bits per heavy atom. The van der Waals surface area contributed by atoms with Gasteiger partial charge in [0.15, 0.2) is 0 Å². The van der Waals surface area contributed by atoms with Gasteiger partial charge >= 0.3 is 0 Å². The van der Waals surface area contributed by atoms with Crippen molar-refractivity contribution in [2.24, 2.45) is 5.92 Å². The normalized spacial score (nSPS) is 21.5. The third-order valence-electron chi connectivity index (χ3n) is 4.39. The molecule has 1 aliphatic rings. The molecule has 0 radical (unpaired) electrons. The van der Waals surface area contributed by atoms with Crippen LogP contribution in [0.3, 0.4) is 0 Å². The number of sulfonamides is 1. The summed E-state index contributed by atoms with van der Waals surface area (Å²) in [7, 11) is -3.72. The minimum absolute atomic E-state index is 0. The summed E-state index contributed by atoms with van der Waals surface area (Å²) in [5, 5.41) is 6.33. The van der Waals surface area contributed by atoms with Gasteiger partial charge in [-0.2, -0.15) is 16.5 Å². The van der Waals surface area contributed by atoms with Crippen LogP contribution in [0.25, 0.3) is 0 Å². The minimum Gasteiger partial charge on any atom is -0.352 e. The van der Waals surface area contributed by atoms with Gasteiger partial charge in [0, 0.05) is 6.04 Å². The van der Waals surface area contributed by atoms with Crippen LogP contribution >= 0.6 is 24.2 Å². The van der Waals surface area contributed by atoms with E-state index in [1.807, 2.05) is 6.26 Å². The summed E-state index contributed by atoms with van der Waals surface area (Å²) in [4.78, 5) is 12.9. The molecule has 0 aliphatic carbocycles. The van der Waals surface area contributed by atoms with Gasteiger partial charge in [-0.15, -0.1) is 12.4 Å². The third-order valence-corrected chi connectivity index (χ3v) is 6.52. The first-order valence-corrected chi connectivity index (χ1v) is 11.4. The average Bonchev–Trinajstić information content (AvgIpc) is 2.61. The van der Waals surface area contributed by atoms with E-state index in [-0.39, 0.29) is 29.3 Å². The molecular weight excluding hydrogens is 394 g/mol. The number of nitrogens with one attached hydrogen (secondary N) is 3. The Kier molecular flexibility index (Phi) is 9.95. The molecule has 0 saturated carbocycles. The molecule has 26 heavy (non-hydrogen) atoms.